The summed E-state index contributed by atoms with van der Waals surface area (Å²) in [6, 6.07) is 9.68. The summed E-state index contributed by atoms with van der Waals surface area (Å²) in [5.41, 5.74) is 9.38. The third kappa shape index (κ3) is 8.06. The fraction of sp³-hybridized carbons (Fsp3) is 0.344. The van der Waals surface area contributed by atoms with Crippen LogP contribution in [0.2, 0.25) is 0 Å². The Morgan fingerprint density at radius 1 is 0.756 bits per heavy atom. The highest BCUT2D eigenvalue weighted by molar-refractivity contribution is 5.96. The van der Waals surface area contributed by atoms with Gasteiger partial charge in [-0.1, -0.05) is 56.7 Å². The van der Waals surface area contributed by atoms with Crippen LogP contribution in [0.5, 0.6) is 0 Å². The van der Waals surface area contributed by atoms with E-state index in [0.717, 1.165) is 27.4 Å². The van der Waals surface area contributed by atoms with Gasteiger partial charge in [-0.25, -0.2) is 4.79 Å². The van der Waals surface area contributed by atoms with E-state index in [2.05, 4.69) is 25.9 Å². The average molecular weight is 619 g/mol. The van der Waals surface area contributed by atoms with Gasteiger partial charge in [0.25, 0.3) is 0 Å². The van der Waals surface area contributed by atoms with Crippen LogP contribution in [0.3, 0.4) is 0 Å². The van der Waals surface area contributed by atoms with E-state index in [0.29, 0.717) is 12.0 Å². The van der Waals surface area contributed by atoms with Crippen molar-refractivity contribution >= 4 is 51.5 Å². The number of carboxylic acids is 2. The number of carbonyl (C=O) groups excluding carboxylic acids is 3. The topological polar surface area (TPSA) is 219 Å². The fourth-order valence-corrected chi connectivity index (χ4v) is 5.23. The Kier molecular flexibility index (Phi) is 10.6. The second-order valence-electron chi connectivity index (χ2n) is 11.2. The molecule has 0 saturated heterocycles. The van der Waals surface area contributed by atoms with Crippen LogP contribution in [0.4, 0.5) is 0 Å². The van der Waals surface area contributed by atoms with E-state index in [1.54, 1.807) is 25.4 Å². The van der Waals surface area contributed by atoms with Gasteiger partial charge in [-0.15, -0.1) is 0 Å². The number of hydrogen-bond donors (Lipinski definition) is 8. The Morgan fingerprint density at radius 3 is 1.82 bits per heavy atom. The number of H-pyrrole nitrogens is 2. The average Bonchev–Trinajstić information content (AvgIpc) is 3.62. The molecule has 4 rings (SSSR count). The van der Waals surface area contributed by atoms with E-state index in [1.807, 2.05) is 49.4 Å². The third-order valence-corrected chi connectivity index (χ3v) is 7.97. The molecule has 5 atom stereocenters. The minimum atomic E-state index is -1.61. The van der Waals surface area contributed by atoms with Crippen molar-refractivity contribution in [3.63, 3.8) is 0 Å². The van der Waals surface area contributed by atoms with E-state index in [-0.39, 0.29) is 12.8 Å². The van der Waals surface area contributed by atoms with Gasteiger partial charge in [0.15, 0.2) is 0 Å². The lowest BCUT2D eigenvalue weighted by atomic mass is 9.96. The molecule has 3 amide bonds. The highest BCUT2D eigenvalue weighted by Crippen LogP contribution is 2.20. The number of carbonyl (C=O) groups is 5. The molecular formula is C32H38N6O7. The van der Waals surface area contributed by atoms with Gasteiger partial charge in [-0.3, -0.25) is 19.2 Å². The molecule has 0 radical (unpaired) electrons. The van der Waals surface area contributed by atoms with E-state index in [9.17, 15) is 34.2 Å². The summed E-state index contributed by atoms with van der Waals surface area (Å²) in [6.45, 7) is 3.54. The normalized spacial score (nSPS) is 14.6. The molecule has 13 nitrogen and oxygen atoms in total. The van der Waals surface area contributed by atoms with E-state index >= 15 is 0 Å². The molecule has 0 saturated carbocycles. The Bertz CT molecular complexity index is 1700. The number of nitrogens with one attached hydrogen (secondary N) is 5. The third-order valence-electron chi connectivity index (χ3n) is 7.97. The first-order chi connectivity index (χ1) is 21.5. The van der Waals surface area contributed by atoms with Gasteiger partial charge in [-0.2, -0.15) is 0 Å². The molecule has 0 aliphatic heterocycles. The molecule has 0 aliphatic rings. The zero-order chi connectivity index (χ0) is 32.7. The van der Waals surface area contributed by atoms with Gasteiger partial charge in [0.2, 0.25) is 17.7 Å². The molecule has 0 spiro atoms. The van der Waals surface area contributed by atoms with Gasteiger partial charge in [0.05, 0.1) is 12.5 Å². The van der Waals surface area contributed by atoms with Crippen LogP contribution in [0.25, 0.3) is 21.8 Å². The summed E-state index contributed by atoms with van der Waals surface area (Å²) in [5, 5.41) is 28.5. The van der Waals surface area contributed by atoms with Crippen molar-refractivity contribution in [1.29, 1.82) is 0 Å². The second kappa shape index (κ2) is 14.5. The van der Waals surface area contributed by atoms with Crippen LogP contribution in [-0.4, -0.2) is 74.0 Å². The highest BCUT2D eigenvalue weighted by Gasteiger charge is 2.34. The Hall–Kier alpha value is -5.17. The Balaban J connectivity index is 1.45. The quantitative estimate of drug-likeness (QED) is 0.0980. The maximum atomic E-state index is 13.4. The second-order valence-corrected chi connectivity index (χ2v) is 11.2. The summed E-state index contributed by atoms with van der Waals surface area (Å²) < 4.78 is 0. The SMILES string of the molecule is CCC(C)C(NC(=O)C(N)Cc1c[nH]c2ccccc12)C(=O)NC(CC(=O)O)C(=O)NC(Cc1c[nH]c2ccccc12)C(=O)O. The number of aliphatic carboxylic acids is 2. The minimum absolute atomic E-state index is 0.0846. The number of amides is 3. The van der Waals surface area contributed by atoms with Crippen LogP contribution < -0.4 is 21.7 Å². The molecule has 5 unspecified atom stereocenters. The number of rotatable bonds is 15. The minimum Gasteiger partial charge on any atom is -0.481 e. The zero-order valence-corrected chi connectivity index (χ0v) is 25.0. The molecular weight excluding hydrogens is 580 g/mol. The lowest BCUT2D eigenvalue weighted by Gasteiger charge is -2.27. The molecule has 0 bridgehead atoms. The Labute approximate surface area is 258 Å². The van der Waals surface area contributed by atoms with Crippen molar-refractivity contribution in [3.8, 4) is 0 Å². The molecule has 45 heavy (non-hydrogen) atoms. The van der Waals surface area contributed by atoms with Crippen molar-refractivity contribution in [2.24, 2.45) is 11.7 Å². The van der Waals surface area contributed by atoms with Crippen LogP contribution in [-0.2, 0) is 36.8 Å². The summed E-state index contributed by atoms with van der Waals surface area (Å²) in [6.07, 6.45) is 3.19. The number of para-hydroxylation sites is 2. The molecule has 13 heteroatoms. The first-order valence-electron chi connectivity index (χ1n) is 14.7. The molecule has 4 aromatic rings. The lowest BCUT2D eigenvalue weighted by Crippen LogP contribution is -2.59. The molecule has 2 heterocycles. The fourth-order valence-electron chi connectivity index (χ4n) is 5.23. The van der Waals surface area contributed by atoms with Gasteiger partial charge < -0.3 is 41.9 Å². The number of aromatic amines is 2. The number of carboxylic acid groups (broad SMARTS) is 2. The van der Waals surface area contributed by atoms with Gasteiger partial charge in [0.1, 0.15) is 18.1 Å². The van der Waals surface area contributed by atoms with E-state index in [4.69, 9.17) is 5.73 Å². The largest absolute Gasteiger partial charge is 0.481 e. The number of fused-ring (bicyclic) bond motifs is 2. The predicted molar refractivity (Wildman–Crippen MR) is 167 cm³/mol. The first-order valence-corrected chi connectivity index (χ1v) is 14.7. The smallest absolute Gasteiger partial charge is 0.326 e. The molecule has 0 fully saturated rings. The van der Waals surface area contributed by atoms with Crippen LogP contribution in [0, 0.1) is 5.92 Å². The summed E-state index contributed by atoms with van der Waals surface area (Å²) in [7, 11) is 0. The van der Waals surface area contributed by atoms with Gasteiger partial charge in [-0.05, 0) is 35.6 Å². The number of nitrogens with two attached hydrogens (primary N) is 1. The van der Waals surface area contributed by atoms with Gasteiger partial charge >= 0.3 is 11.9 Å². The summed E-state index contributed by atoms with van der Waals surface area (Å²) in [5.74, 6) is -5.49. The lowest BCUT2D eigenvalue weighted by molar-refractivity contribution is -0.143. The maximum Gasteiger partial charge on any atom is 0.326 e. The summed E-state index contributed by atoms with van der Waals surface area (Å²) in [4.78, 5) is 69.7. The maximum absolute atomic E-state index is 13.4. The molecule has 9 N–H and O–H groups in total. The molecule has 238 valence electrons. The highest BCUT2D eigenvalue weighted by atomic mass is 16.4. The van der Waals surface area contributed by atoms with Crippen molar-refractivity contribution in [1.82, 2.24) is 25.9 Å². The number of benzene rings is 2. The molecule has 0 aliphatic carbocycles. The van der Waals surface area contributed by atoms with E-state index < -0.39 is 66.2 Å². The molecule has 2 aromatic carbocycles. The van der Waals surface area contributed by atoms with Crippen molar-refractivity contribution in [2.45, 2.75) is 63.7 Å². The number of aromatic nitrogens is 2. The van der Waals surface area contributed by atoms with Crippen LogP contribution in [0.1, 0.15) is 37.8 Å². The van der Waals surface area contributed by atoms with Crippen LogP contribution in [0.15, 0.2) is 60.9 Å². The van der Waals surface area contributed by atoms with Crippen molar-refractivity contribution < 1.29 is 34.2 Å². The first kappa shape index (κ1) is 32.7. The predicted octanol–water partition coefficient (Wildman–Crippen LogP) is 1.82. The van der Waals surface area contributed by atoms with Gasteiger partial charge in [0, 0.05) is 40.6 Å². The standard InChI is InChI=1S/C32H38N6O7/c1-3-17(2)28(38-29(41)22(33)12-18-15-34-23-10-6-4-8-20(18)23)31(43)36-25(14-27(39)40)30(42)37-26(32(44)45)13-19-16-35-24-11-7-5-9-21(19)24/h4-11,15-17,22,25-26,28,34-35H,3,12-14,33H2,1-2H3,(H,36,43)(H,37,42)(H,38,41)(H,39,40)(H,44,45). The number of hydrogen-bond acceptors (Lipinski definition) is 6. The van der Waals surface area contributed by atoms with Crippen molar-refractivity contribution in [2.75, 3.05) is 0 Å². The van der Waals surface area contributed by atoms with Crippen molar-refractivity contribution in [3.05, 3.63) is 72.1 Å². The summed E-state index contributed by atoms with van der Waals surface area (Å²) >= 11 is 0. The Morgan fingerprint density at radius 2 is 1.29 bits per heavy atom. The molecule has 2 aromatic heterocycles. The van der Waals surface area contributed by atoms with E-state index in [1.165, 1.54) is 0 Å². The monoisotopic (exact) mass is 618 g/mol. The zero-order valence-electron chi connectivity index (χ0n) is 25.0. The van der Waals surface area contributed by atoms with Crippen LogP contribution >= 0.6 is 0 Å².